The molecule has 1 rings (SSSR count). The summed E-state index contributed by atoms with van der Waals surface area (Å²) in [4.78, 5) is 0. The molecule has 0 spiro atoms. The number of hydrogen-bond donors (Lipinski definition) is 0. The number of unbranched alkanes of at least 4 members (excludes halogenated alkanes) is 5. The first-order valence-corrected chi connectivity index (χ1v) is 8.63. The lowest BCUT2D eigenvalue weighted by atomic mass is 10.1. The molecule has 1 aromatic carbocycles. The van der Waals surface area contributed by atoms with Crippen molar-refractivity contribution in [3.05, 3.63) is 47.2 Å². The zero-order chi connectivity index (χ0) is 15.3. The summed E-state index contributed by atoms with van der Waals surface area (Å²) in [6, 6.07) is 8.77. The van der Waals surface area contributed by atoms with Gasteiger partial charge >= 0.3 is 0 Å². The van der Waals surface area contributed by atoms with Crippen molar-refractivity contribution in [3.8, 4) is 0 Å². The molecule has 0 fully saturated rings. The van der Waals surface area contributed by atoms with Crippen LogP contribution in [0.4, 0.5) is 0 Å². The van der Waals surface area contributed by atoms with Crippen LogP contribution in [0.15, 0.2) is 36.1 Å². The van der Waals surface area contributed by atoms with E-state index >= 15 is 0 Å². The van der Waals surface area contributed by atoms with E-state index in [9.17, 15) is 0 Å². The number of allylic oxidation sites excluding steroid dienone is 2. The quantitative estimate of drug-likeness (QED) is 0.347. The van der Waals surface area contributed by atoms with Crippen molar-refractivity contribution < 1.29 is 4.74 Å². The molecule has 0 radical (unpaired) electrons. The standard InChI is InChI=1S/C20H32O/c1-4-6-7-8-9-10-11-20(21-5-2)17-16-19-14-12-18(3)13-15-19/h12-15,17H,4-11,16H2,1-3H3/b20-17-. The third-order valence-corrected chi connectivity index (χ3v) is 3.79. The maximum Gasteiger partial charge on any atom is 0.0923 e. The molecule has 0 aliphatic carbocycles. The second kappa shape index (κ2) is 11.4. The fourth-order valence-electron chi connectivity index (χ4n) is 2.45. The summed E-state index contributed by atoms with van der Waals surface area (Å²) in [5.74, 6) is 1.17. The SMILES string of the molecule is CCCCCCCC/C(=C/Cc1ccc(C)cc1)OCC. The van der Waals surface area contributed by atoms with Crippen molar-refractivity contribution in [2.45, 2.75) is 72.1 Å². The number of aryl methyl sites for hydroxylation is 1. The van der Waals surface area contributed by atoms with Gasteiger partial charge in [0.25, 0.3) is 0 Å². The molecule has 1 heteroatoms. The molecule has 0 heterocycles. The molecule has 0 aliphatic rings. The fraction of sp³-hybridized carbons (Fsp3) is 0.600. The maximum atomic E-state index is 5.78. The summed E-state index contributed by atoms with van der Waals surface area (Å²) >= 11 is 0. The number of hydrogen-bond acceptors (Lipinski definition) is 1. The highest BCUT2D eigenvalue weighted by molar-refractivity contribution is 5.23. The number of ether oxygens (including phenoxy) is 1. The van der Waals surface area contributed by atoms with Gasteiger partial charge in [-0.2, -0.15) is 0 Å². The molecule has 0 N–H and O–H groups in total. The lowest BCUT2D eigenvalue weighted by Gasteiger charge is -2.09. The minimum Gasteiger partial charge on any atom is -0.499 e. The molecule has 0 unspecified atom stereocenters. The molecule has 0 saturated heterocycles. The van der Waals surface area contributed by atoms with Crippen molar-refractivity contribution in [2.24, 2.45) is 0 Å². The predicted octanol–water partition coefficient (Wildman–Crippen LogP) is 6.21. The van der Waals surface area contributed by atoms with E-state index in [-0.39, 0.29) is 0 Å². The van der Waals surface area contributed by atoms with Crippen LogP contribution in [0.2, 0.25) is 0 Å². The van der Waals surface area contributed by atoms with Crippen molar-refractivity contribution >= 4 is 0 Å². The van der Waals surface area contributed by atoms with Gasteiger partial charge in [0.1, 0.15) is 0 Å². The molecule has 0 saturated carbocycles. The van der Waals surface area contributed by atoms with E-state index in [4.69, 9.17) is 4.74 Å². The predicted molar refractivity (Wildman–Crippen MR) is 92.6 cm³/mol. The largest absolute Gasteiger partial charge is 0.499 e. The van der Waals surface area contributed by atoms with Crippen molar-refractivity contribution in [3.63, 3.8) is 0 Å². The van der Waals surface area contributed by atoms with E-state index in [0.717, 1.165) is 19.4 Å². The molecule has 21 heavy (non-hydrogen) atoms. The van der Waals surface area contributed by atoms with E-state index in [1.165, 1.54) is 55.4 Å². The van der Waals surface area contributed by atoms with Crippen molar-refractivity contribution in [1.82, 2.24) is 0 Å². The topological polar surface area (TPSA) is 9.23 Å². The first-order chi connectivity index (χ1) is 10.3. The Hall–Kier alpha value is -1.24. The molecule has 118 valence electrons. The van der Waals surface area contributed by atoms with Crippen LogP contribution < -0.4 is 0 Å². The molecular formula is C20H32O. The van der Waals surface area contributed by atoms with E-state index in [0.29, 0.717) is 0 Å². The van der Waals surface area contributed by atoms with Gasteiger partial charge in [-0.1, -0.05) is 68.9 Å². The lowest BCUT2D eigenvalue weighted by molar-refractivity contribution is 0.215. The van der Waals surface area contributed by atoms with Crippen LogP contribution in [0.5, 0.6) is 0 Å². The highest BCUT2D eigenvalue weighted by Crippen LogP contribution is 2.14. The zero-order valence-electron chi connectivity index (χ0n) is 14.2. The summed E-state index contributed by atoms with van der Waals surface area (Å²) in [7, 11) is 0. The highest BCUT2D eigenvalue weighted by Gasteiger charge is 1.99. The van der Waals surface area contributed by atoms with Crippen molar-refractivity contribution in [1.29, 1.82) is 0 Å². The fourth-order valence-corrected chi connectivity index (χ4v) is 2.45. The Morgan fingerprint density at radius 2 is 1.62 bits per heavy atom. The number of benzene rings is 1. The summed E-state index contributed by atoms with van der Waals surface area (Å²) < 4.78 is 5.78. The molecule has 0 aliphatic heterocycles. The van der Waals surface area contributed by atoms with Crippen LogP contribution in [-0.2, 0) is 11.2 Å². The maximum absolute atomic E-state index is 5.78. The van der Waals surface area contributed by atoms with Crippen LogP contribution in [0.25, 0.3) is 0 Å². The Morgan fingerprint density at radius 3 is 2.29 bits per heavy atom. The Bertz CT molecular complexity index is 389. The van der Waals surface area contributed by atoms with Gasteiger partial charge in [-0.3, -0.25) is 0 Å². The summed E-state index contributed by atoms with van der Waals surface area (Å²) in [5.41, 5.74) is 2.68. The van der Waals surface area contributed by atoms with Crippen LogP contribution in [0.3, 0.4) is 0 Å². The van der Waals surface area contributed by atoms with E-state index < -0.39 is 0 Å². The van der Waals surface area contributed by atoms with Gasteiger partial charge in [-0.05, 0) is 38.3 Å². The molecule has 0 aromatic heterocycles. The van der Waals surface area contributed by atoms with Gasteiger partial charge in [0.05, 0.1) is 12.4 Å². The van der Waals surface area contributed by atoms with E-state index in [1.54, 1.807) is 0 Å². The Labute approximate surface area is 131 Å². The summed E-state index contributed by atoms with van der Waals surface area (Å²) in [6.07, 6.45) is 12.4. The highest BCUT2D eigenvalue weighted by atomic mass is 16.5. The van der Waals surface area contributed by atoms with Gasteiger partial charge in [-0.15, -0.1) is 0 Å². The second-order valence-corrected chi connectivity index (χ2v) is 5.81. The van der Waals surface area contributed by atoms with Crippen molar-refractivity contribution in [2.75, 3.05) is 6.61 Å². The van der Waals surface area contributed by atoms with Crippen LogP contribution in [-0.4, -0.2) is 6.61 Å². The van der Waals surface area contributed by atoms with Gasteiger partial charge < -0.3 is 4.74 Å². The second-order valence-electron chi connectivity index (χ2n) is 5.81. The van der Waals surface area contributed by atoms with Crippen LogP contribution >= 0.6 is 0 Å². The van der Waals surface area contributed by atoms with Crippen LogP contribution in [0.1, 0.15) is 69.9 Å². The normalized spacial score (nSPS) is 11.7. The van der Waals surface area contributed by atoms with Gasteiger partial charge in [0, 0.05) is 6.42 Å². The molecule has 0 amide bonds. The Balaban J connectivity index is 2.33. The number of rotatable bonds is 11. The average molecular weight is 288 g/mol. The molecule has 1 aromatic rings. The minimum absolute atomic E-state index is 0.773. The average Bonchev–Trinajstić information content (AvgIpc) is 2.49. The lowest BCUT2D eigenvalue weighted by Crippen LogP contribution is -1.94. The van der Waals surface area contributed by atoms with Gasteiger partial charge in [-0.25, -0.2) is 0 Å². The first-order valence-electron chi connectivity index (χ1n) is 8.63. The Kier molecular flexibility index (Phi) is 9.69. The summed E-state index contributed by atoms with van der Waals surface area (Å²) in [6.45, 7) is 7.24. The third kappa shape index (κ3) is 8.60. The molecule has 0 bridgehead atoms. The van der Waals surface area contributed by atoms with E-state index in [2.05, 4.69) is 51.1 Å². The monoisotopic (exact) mass is 288 g/mol. The third-order valence-electron chi connectivity index (χ3n) is 3.79. The Morgan fingerprint density at radius 1 is 0.952 bits per heavy atom. The smallest absolute Gasteiger partial charge is 0.0923 e. The summed E-state index contributed by atoms with van der Waals surface area (Å²) in [5, 5.41) is 0. The zero-order valence-corrected chi connectivity index (χ0v) is 14.2. The van der Waals surface area contributed by atoms with Gasteiger partial charge in [0.2, 0.25) is 0 Å². The van der Waals surface area contributed by atoms with Gasteiger partial charge in [0.15, 0.2) is 0 Å². The first kappa shape index (κ1) is 17.8. The molecule has 1 nitrogen and oxygen atoms in total. The van der Waals surface area contributed by atoms with E-state index in [1.807, 2.05) is 0 Å². The molecular weight excluding hydrogens is 256 g/mol. The van der Waals surface area contributed by atoms with Crippen LogP contribution in [0, 0.1) is 6.92 Å². The molecule has 0 atom stereocenters. The minimum atomic E-state index is 0.773.